The van der Waals surface area contributed by atoms with Gasteiger partial charge in [-0.2, -0.15) is 0 Å². The minimum absolute atomic E-state index is 0.0922. The average Bonchev–Trinajstić information content (AvgIpc) is 2.18. The van der Waals surface area contributed by atoms with Crippen molar-refractivity contribution in [1.29, 1.82) is 0 Å². The molecule has 15 heavy (non-hydrogen) atoms. The highest BCUT2D eigenvalue weighted by molar-refractivity contribution is 5.78. The van der Waals surface area contributed by atoms with Crippen molar-refractivity contribution in [3.05, 3.63) is 29.8 Å². The molecule has 2 heteroatoms. The van der Waals surface area contributed by atoms with E-state index >= 15 is 0 Å². The predicted octanol–water partition coefficient (Wildman–Crippen LogP) is 2.66. The standard InChI is InChI=1S/C13H19NO/c1-10-7-5-6-8-13(10)14(4)9-11(2)12(3)15/h5-8,11H,9H2,1-4H3/t11-/m0/s1. The lowest BCUT2D eigenvalue weighted by Crippen LogP contribution is -2.27. The zero-order chi connectivity index (χ0) is 11.4. The van der Waals surface area contributed by atoms with Crippen molar-refractivity contribution in [1.82, 2.24) is 0 Å². The van der Waals surface area contributed by atoms with Crippen LogP contribution in [0.25, 0.3) is 0 Å². The maximum Gasteiger partial charge on any atom is 0.134 e. The molecule has 0 amide bonds. The van der Waals surface area contributed by atoms with Gasteiger partial charge in [0.25, 0.3) is 0 Å². The molecule has 82 valence electrons. The van der Waals surface area contributed by atoms with Gasteiger partial charge in [-0.05, 0) is 25.5 Å². The van der Waals surface area contributed by atoms with Crippen LogP contribution in [0.5, 0.6) is 0 Å². The van der Waals surface area contributed by atoms with Crippen LogP contribution >= 0.6 is 0 Å². The minimum atomic E-state index is 0.0922. The van der Waals surface area contributed by atoms with E-state index in [0.29, 0.717) is 0 Å². The van der Waals surface area contributed by atoms with E-state index in [0.717, 1.165) is 6.54 Å². The Morgan fingerprint density at radius 1 is 1.40 bits per heavy atom. The van der Waals surface area contributed by atoms with Gasteiger partial charge in [-0.3, -0.25) is 4.79 Å². The third-order valence-electron chi connectivity index (χ3n) is 2.77. The van der Waals surface area contributed by atoms with E-state index in [1.807, 2.05) is 26.1 Å². The quantitative estimate of drug-likeness (QED) is 0.753. The average molecular weight is 205 g/mol. The van der Waals surface area contributed by atoms with E-state index in [1.54, 1.807) is 6.92 Å². The van der Waals surface area contributed by atoms with Crippen LogP contribution in [0, 0.1) is 12.8 Å². The van der Waals surface area contributed by atoms with Crippen LogP contribution in [0.3, 0.4) is 0 Å². The lowest BCUT2D eigenvalue weighted by atomic mass is 10.1. The molecule has 0 spiro atoms. The van der Waals surface area contributed by atoms with Gasteiger partial charge in [-0.1, -0.05) is 25.1 Å². The summed E-state index contributed by atoms with van der Waals surface area (Å²) in [5.74, 6) is 0.338. The number of nitrogens with zero attached hydrogens (tertiary/aromatic N) is 1. The SMILES string of the molecule is CC(=O)[C@@H](C)CN(C)c1ccccc1C. The van der Waals surface area contributed by atoms with Gasteiger partial charge in [0.15, 0.2) is 0 Å². The third kappa shape index (κ3) is 3.08. The van der Waals surface area contributed by atoms with E-state index in [-0.39, 0.29) is 11.7 Å². The normalized spacial score (nSPS) is 12.3. The lowest BCUT2D eigenvalue weighted by Gasteiger charge is -2.23. The summed E-state index contributed by atoms with van der Waals surface area (Å²) in [5, 5.41) is 0. The molecule has 2 nitrogen and oxygen atoms in total. The number of Topliss-reactive ketones (excluding diaryl/α,β-unsaturated/α-hetero) is 1. The second kappa shape index (κ2) is 4.96. The Morgan fingerprint density at radius 3 is 2.53 bits per heavy atom. The first kappa shape index (κ1) is 11.8. The number of aryl methyl sites for hydroxylation is 1. The molecule has 0 saturated heterocycles. The second-order valence-corrected chi connectivity index (χ2v) is 4.18. The smallest absolute Gasteiger partial charge is 0.134 e. The molecule has 0 aliphatic rings. The highest BCUT2D eigenvalue weighted by atomic mass is 16.1. The molecule has 0 aliphatic heterocycles. The second-order valence-electron chi connectivity index (χ2n) is 4.18. The van der Waals surface area contributed by atoms with Gasteiger partial charge < -0.3 is 4.90 Å². The van der Waals surface area contributed by atoms with Crippen molar-refractivity contribution in [2.45, 2.75) is 20.8 Å². The number of ketones is 1. The van der Waals surface area contributed by atoms with Gasteiger partial charge in [0.05, 0.1) is 0 Å². The number of hydrogen-bond acceptors (Lipinski definition) is 2. The fourth-order valence-corrected chi connectivity index (χ4v) is 1.63. The maximum atomic E-state index is 11.2. The van der Waals surface area contributed by atoms with Crippen LogP contribution < -0.4 is 4.90 Å². The number of carbonyl (C=O) groups excluding carboxylic acids is 1. The van der Waals surface area contributed by atoms with Crippen molar-refractivity contribution in [3.63, 3.8) is 0 Å². The number of benzene rings is 1. The third-order valence-corrected chi connectivity index (χ3v) is 2.77. The fraction of sp³-hybridized carbons (Fsp3) is 0.462. The Morgan fingerprint density at radius 2 is 2.00 bits per heavy atom. The zero-order valence-corrected chi connectivity index (χ0v) is 9.95. The Hall–Kier alpha value is -1.31. The molecule has 0 saturated carbocycles. The van der Waals surface area contributed by atoms with Gasteiger partial charge in [0.1, 0.15) is 5.78 Å². The van der Waals surface area contributed by atoms with Crippen molar-refractivity contribution >= 4 is 11.5 Å². The Kier molecular flexibility index (Phi) is 3.89. The van der Waals surface area contributed by atoms with Gasteiger partial charge in [-0.15, -0.1) is 0 Å². The first-order valence-electron chi connectivity index (χ1n) is 5.29. The van der Waals surface area contributed by atoms with Crippen molar-refractivity contribution in [3.8, 4) is 0 Å². The van der Waals surface area contributed by atoms with E-state index in [4.69, 9.17) is 0 Å². The molecule has 1 atom stereocenters. The van der Waals surface area contributed by atoms with E-state index in [2.05, 4.69) is 24.0 Å². The molecule has 0 bridgehead atoms. The fourth-order valence-electron chi connectivity index (χ4n) is 1.63. The first-order chi connectivity index (χ1) is 7.02. The minimum Gasteiger partial charge on any atom is -0.374 e. The molecule has 1 rings (SSSR count). The predicted molar refractivity (Wildman–Crippen MR) is 64.3 cm³/mol. The summed E-state index contributed by atoms with van der Waals surface area (Å²) >= 11 is 0. The van der Waals surface area contributed by atoms with Gasteiger partial charge in [-0.25, -0.2) is 0 Å². The molecule has 1 aromatic carbocycles. The molecule has 0 fully saturated rings. The molecular formula is C13H19NO. The summed E-state index contributed by atoms with van der Waals surface area (Å²) in [6, 6.07) is 8.23. The van der Waals surface area contributed by atoms with E-state index < -0.39 is 0 Å². The summed E-state index contributed by atoms with van der Waals surface area (Å²) in [5.41, 5.74) is 2.45. The molecule has 0 unspecified atom stereocenters. The molecule has 0 heterocycles. The number of para-hydroxylation sites is 1. The highest BCUT2D eigenvalue weighted by Crippen LogP contribution is 2.18. The number of anilines is 1. The van der Waals surface area contributed by atoms with E-state index in [1.165, 1.54) is 11.3 Å². The lowest BCUT2D eigenvalue weighted by molar-refractivity contribution is -0.119. The topological polar surface area (TPSA) is 20.3 Å². The summed E-state index contributed by atoms with van der Waals surface area (Å²) in [7, 11) is 2.03. The van der Waals surface area contributed by atoms with Crippen molar-refractivity contribution in [2.75, 3.05) is 18.5 Å². The van der Waals surface area contributed by atoms with Gasteiger partial charge >= 0.3 is 0 Å². The van der Waals surface area contributed by atoms with Crippen LogP contribution in [-0.2, 0) is 4.79 Å². The molecule has 0 radical (unpaired) electrons. The van der Waals surface area contributed by atoms with Crippen LogP contribution in [-0.4, -0.2) is 19.4 Å². The Bertz CT molecular complexity index is 346. The Labute approximate surface area is 91.9 Å². The van der Waals surface area contributed by atoms with Gasteiger partial charge in [0.2, 0.25) is 0 Å². The van der Waals surface area contributed by atoms with Crippen molar-refractivity contribution in [2.24, 2.45) is 5.92 Å². The summed E-state index contributed by atoms with van der Waals surface area (Å²) in [6.07, 6.45) is 0. The summed E-state index contributed by atoms with van der Waals surface area (Å²) < 4.78 is 0. The number of rotatable bonds is 4. The first-order valence-corrected chi connectivity index (χ1v) is 5.29. The monoisotopic (exact) mass is 205 g/mol. The number of carbonyl (C=O) groups is 1. The Balaban J connectivity index is 2.73. The van der Waals surface area contributed by atoms with E-state index in [9.17, 15) is 4.79 Å². The van der Waals surface area contributed by atoms with Crippen LogP contribution in [0.15, 0.2) is 24.3 Å². The largest absolute Gasteiger partial charge is 0.374 e. The molecule has 1 aromatic rings. The maximum absolute atomic E-state index is 11.2. The van der Waals surface area contributed by atoms with Crippen LogP contribution in [0.4, 0.5) is 5.69 Å². The van der Waals surface area contributed by atoms with Crippen molar-refractivity contribution < 1.29 is 4.79 Å². The van der Waals surface area contributed by atoms with Crippen LogP contribution in [0.1, 0.15) is 19.4 Å². The molecule has 0 aromatic heterocycles. The highest BCUT2D eigenvalue weighted by Gasteiger charge is 2.11. The number of hydrogen-bond donors (Lipinski definition) is 0. The van der Waals surface area contributed by atoms with Gasteiger partial charge in [0, 0.05) is 25.2 Å². The van der Waals surface area contributed by atoms with Crippen LogP contribution in [0.2, 0.25) is 0 Å². The molecule has 0 aliphatic carbocycles. The summed E-state index contributed by atoms with van der Waals surface area (Å²) in [4.78, 5) is 13.3. The molecular weight excluding hydrogens is 186 g/mol. The zero-order valence-electron chi connectivity index (χ0n) is 9.95. The molecule has 0 N–H and O–H groups in total. The summed E-state index contributed by atoms with van der Waals surface area (Å²) in [6.45, 7) is 6.48.